The summed E-state index contributed by atoms with van der Waals surface area (Å²) in [6, 6.07) is 18.8. The van der Waals surface area contributed by atoms with Crippen molar-refractivity contribution in [1.29, 1.82) is 0 Å². The highest BCUT2D eigenvalue weighted by molar-refractivity contribution is 6.30. The third-order valence-corrected chi connectivity index (χ3v) is 5.74. The minimum absolute atomic E-state index is 0.0447. The predicted octanol–water partition coefficient (Wildman–Crippen LogP) is 6.26. The van der Waals surface area contributed by atoms with Crippen molar-refractivity contribution in [3.05, 3.63) is 88.7 Å². The number of nitrogens with one attached hydrogen (secondary N) is 2. The molecule has 0 spiro atoms. The van der Waals surface area contributed by atoms with Gasteiger partial charge in [-0.25, -0.2) is 14.0 Å². The zero-order valence-electron chi connectivity index (χ0n) is 18.1. The molecule has 2 N–H and O–H groups in total. The summed E-state index contributed by atoms with van der Waals surface area (Å²) in [5, 5.41) is 5.60. The lowest BCUT2D eigenvalue weighted by Gasteiger charge is -2.35. The molecule has 0 radical (unpaired) electrons. The highest BCUT2D eigenvalue weighted by Crippen LogP contribution is 2.25. The van der Waals surface area contributed by atoms with Gasteiger partial charge >= 0.3 is 12.1 Å². The summed E-state index contributed by atoms with van der Waals surface area (Å²) in [4.78, 5) is 28.5. The summed E-state index contributed by atoms with van der Waals surface area (Å²) in [6.07, 6.45) is 0.757. The zero-order chi connectivity index (χ0) is 23.4. The zero-order valence-corrected chi connectivity index (χ0v) is 18.9. The van der Waals surface area contributed by atoms with Gasteiger partial charge in [0.15, 0.2) is 0 Å². The molecule has 0 bridgehead atoms. The van der Waals surface area contributed by atoms with Gasteiger partial charge in [0.05, 0.1) is 11.6 Å². The maximum atomic E-state index is 14.3. The summed E-state index contributed by atoms with van der Waals surface area (Å²) < 4.78 is 14.3. The van der Waals surface area contributed by atoms with Gasteiger partial charge < -0.3 is 15.5 Å². The molecule has 6 nitrogen and oxygen atoms in total. The van der Waals surface area contributed by atoms with Gasteiger partial charge in [0.2, 0.25) is 0 Å². The molecule has 3 aromatic carbocycles. The highest BCUT2D eigenvalue weighted by atomic mass is 35.5. The molecule has 1 aliphatic rings. The van der Waals surface area contributed by atoms with Crippen LogP contribution in [0.5, 0.6) is 0 Å². The first-order valence-electron chi connectivity index (χ1n) is 10.6. The van der Waals surface area contributed by atoms with E-state index >= 15 is 0 Å². The molecule has 8 heteroatoms. The molecule has 1 fully saturated rings. The lowest BCUT2D eigenvalue weighted by atomic mass is 10.1. The van der Waals surface area contributed by atoms with E-state index in [1.165, 1.54) is 6.07 Å². The summed E-state index contributed by atoms with van der Waals surface area (Å²) in [6.45, 7) is 3.24. The van der Waals surface area contributed by atoms with Crippen molar-refractivity contribution < 1.29 is 14.0 Å². The Hall–Kier alpha value is -3.58. The van der Waals surface area contributed by atoms with Crippen molar-refractivity contribution in [2.24, 2.45) is 0 Å². The van der Waals surface area contributed by atoms with Crippen molar-refractivity contribution in [3.8, 4) is 0 Å². The van der Waals surface area contributed by atoms with E-state index in [1.54, 1.807) is 46.2 Å². The van der Waals surface area contributed by atoms with Crippen LogP contribution in [0.4, 0.5) is 31.0 Å². The minimum atomic E-state index is -0.497. The molecule has 3 aromatic rings. The fourth-order valence-electron chi connectivity index (χ4n) is 3.70. The Kier molecular flexibility index (Phi) is 6.79. The Bertz CT molecular complexity index is 1150. The number of carbonyl (C=O) groups excluding carboxylic acids is 2. The number of amides is 4. The van der Waals surface area contributed by atoms with Crippen LogP contribution in [-0.4, -0.2) is 30.1 Å². The van der Waals surface area contributed by atoms with Gasteiger partial charge in [0.1, 0.15) is 5.82 Å². The van der Waals surface area contributed by atoms with E-state index in [0.29, 0.717) is 35.7 Å². The number of nitrogens with zero attached hydrogens (tertiary/aromatic N) is 2. The van der Waals surface area contributed by atoms with Crippen LogP contribution >= 0.6 is 11.6 Å². The van der Waals surface area contributed by atoms with Crippen molar-refractivity contribution in [1.82, 2.24) is 4.90 Å². The molecule has 170 valence electrons. The van der Waals surface area contributed by atoms with Crippen LogP contribution in [0.2, 0.25) is 5.02 Å². The molecule has 4 amide bonds. The molecule has 0 saturated carbocycles. The second kappa shape index (κ2) is 9.92. The minimum Gasteiger partial charge on any atom is -0.320 e. The number of hydrogen-bond acceptors (Lipinski definition) is 2. The lowest BCUT2D eigenvalue weighted by Crippen LogP contribution is -2.49. The Labute approximate surface area is 197 Å². The molecule has 0 aromatic heterocycles. The molecule has 1 aliphatic heterocycles. The van der Waals surface area contributed by atoms with Gasteiger partial charge in [-0.2, -0.15) is 0 Å². The summed E-state index contributed by atoms with van der Waals surface area (Å²) >= 11 is 5.87. The number of carbonyl (C=O) groups is 2. The quantitative estimate of drug-likeness (QED) is 0.465. The molecular weight excluding hydrogens is 443 g/mol. The predicted molar refractivity (Wildman–Crippen MR) is 129 cm³/mol. The lowest BCUT2D eigenvalue weighted by molar-refractivity contribution is 0.192. The van der Waals surface area contributed by atoms with Crippen LogP contribution < -0.4 is 15.5 Å². The van der Waals surface area contributed by atoms with E-state index in [4.69, 9.17) is 11.6 Å². The molecule has 1 saturated heterocycles. The highest BCUT2D eigenvalue weighted by Gasteiger charge is 2.27. The van der Waals surface area contributed by atoms with Crippen LogP contribution in [0.15, 0.2) is 66.7 Å². The van der Waals surface area contributed by atoms with Crippen molar-refractivity contribution in [2.75, 3.05) is 28.6 Å². The number of anilines is 3. The van der Waals surface area contributed by atoms with Gasteiger partial charge in [-0.3, -0.25) is 4.90 Å². The van der Waals surface area contributed by atoms with E-state index in [1.807, 2.05) is 31.2 Å². The number of urea groups is 2. The first-order chi connectivity index (χ1) is 15.9. The van der Waals surface area contributed by atoms with E-state index in [2.05, 4.69) is 10.6 Å². The molecule has 0 atom stereocenters. The average molecular weight is 467 g/mol. The summed E-state index contributed by atoms with van der Waals surface area (Å²) in [5.74, 6) is -0.497. The Balaban J connectivity index is 1.39. The Morgan fingerprint density at radius 2 is 1.61 bits per heavy atom. The monoisotopic (exact) mass is 466 g/mol. The maximum Gasteiger partial charge on any atom is 0.324 e. The van der Waals surface area contributed by atoms with Crippen molar-refractivity contribution >= 4 is 40.7 Å². The number of aryl methyl sites for hydroxylation is 1. The van der Waals surface area contributed by atoms with Gasteiger partial charge in [0, 0.05) is 35.7 Å². The van der Waals surface area contributed by atoms with Gasteiger partial charge in [-0.15, -0.1) is 0 Å². The van der Waals surface area contributed by atoms with Crippen molar-refractivity contribution in [2.45, 2.75) is 19.9 Å². The Morgan fingerprint density at radius 1 is 0.970 bits per heavy atom. The van der Waals surface area contributed by atoms with Gasteiger partial charge in [-0.05, 0) is 55.8 Å². The van der Waals surface area contributed by atoms with E-state index in [-0.39, 0.29) is 23.6 Å². The first kappa shape index (κ1) is 22.6. The molecule has 0 aliphatic carbocycles. The first-order valence-corrected chi connectivity index (χ1v) is 11.0. The molecule has 0 unspecified atom stereocenters. The van der Waals surface area contributed by atoms with E-state index in [9.17, 15) is 14.0 Å². The number of benzene rings is 3. The molecule has 4 rings (SSSR count). The average Bonchev–Trinajstić information content (AvgIpc) is 2.80. The standard InChI is InChI=1S/C25H24ClFN4O2/c1-17-6-8-19(9-7-17)28-24(32)29-20-10-12-21(13-11-20)31-15-3-14-30(25(31)33)16-18-4-2-5-22(26)23(18)27/h2,4-13H,3,14-16H2,1H3,(H2,28,29,32). The van der Waals surface area contributed by atoms with Gasteiger partial charge in [0.25, 0.3) is 0 Å². The summed E-state index contributed by atoms with van der Waals surface area (Å²) in [7, 11) is 0. The Morgan fingerprint density at radius 3 is 2.27 bits per heavy atom. The van der Waals surface area contributed by atoms with Crippen LogP contribution in [0.1, 0.15) is 17.5 Å². The molecular formula is C25H24ClFN4O2. The second-order valence-corrected chi connectivity index (χ2v) is 8.32. The fourth-order valence-corrected chi connectivity index (χ4v) is 3.89. The van der Waals surface area contributed by atoms with E-state index in [0.717, 1.165) is 12.0 Å². The molecule has 1 heterocycles. The number of rotatable bonds is 5. The van der Waals surface area contributed by atoms with Crippen LogP contribution in [0.3, 0.4) is 0 Å². The smallest absolute Gasteiger partial charge is 0.320 e. The molecule has 33 heavy (non-hydrogen) atoms. The van der Waals surface area contributed by atoms with Gasteiger partial charge in [-0.1, -0.05) is 41.4 Å². The fraction of sp³-hybridized carbons (Fsp3) is 0.200. The third kappa shape index (κ3) is 5.43. The van der Waals surface area contributed by atoms with E-state index < -0.39 is 5.82 Å². The van der Waals surface area contributed by atoms with Crippen LogP contribution in [-0.2, 0) is 6.54 Å². The second-order valence-electron chi connectivity index (χ2n) is 7.91. The normalized spacial score (nSPS) is 13.7. The number of halogens is 2. The SMILES string of the molecule is Cc1ccc(NC(=O)Nc2ccc(N3CCCN(Cc4cccc(Cl)c4F)C3=O)cc2)cc1. The maximum absolute atomic E-state index is 14.3. The summed E-state index contributed by atoms with van der Waals surface area (Å²) in [5.41, 5.74) is 3.51. The number of hydrogen-bond donors (Lipinski definition) is 2. The van der Waals surface area contributed by atoms with Crippen LogP contribution in [0, 0.1) is 12.7 Å². The topological polar surface area (TPSA) is 64.7 Å². The van der Waals surface area contributed by atoms with Crippen LogP contribution in [0.25, 0.3) is 0 Å². The largest absolute Gasteiger partial charge is 0.324 e. The van der Waals surface area contributed by atoms with Crippen molar-refractivity contribution in [3.63, 3.8) is 0 Å². The third-order valence-electron chi connectivity index (χ3n) is 5.45.